The summed E-state index contributed by atoms with van der Waals surface area (Å²) >= 11 is 0. The van der Waals surface area contributed by atoms with Crippen LogP contribution in [-0.2, 0) is 24.7 Å². The highest BCUT2D eigenvalue weighted by atomic mass is 19.1. The van der Waals surface area contributed by atoms with Crippen molar-refractivity contribution in [2.24, 2.45) is 7.05 Å². The average molecular weight is 315 g/mol. The minimum absolute atomic E-state index is 0.00960. The highest BCUT2D eigenvalue weighted by Gasteiger charge is 2.27. The first-order valence-corrected chi connectivity index (χ1v) is 8.11. The molecule has 1 aromatic carbocycles. The summed E-state index contributed by atoms with van der Waals surface area (Å²) in [6.45, 7) is 2.00. The van der Waals surface area contributed by atoms with Gasteiger partial charge in [-0.2, -0.15) is 5.10 Å². The van der Waals surface area contributed by atoms with Gasteiger partial charge in [-0.25, -0.2) is 4.39 Å². The van der Waals surface area contributed by atoms with Crippen molar-refractivity contribution in [1.29, 1.82) is 0 Å². The highest BCUT2D eigenvalue weighted by molar-refractivity contribution is 5.76. The molecule has 2 aromatic rings. The first-order valence-electron chi connectivity index (χ1n) is 8.11. The fourth-order valence-corrected chi connectivity index (χ4v) is 3.45. The number of hydrogen-bond acceptors (Lipinski definition) is 2. The van der Waals surface area contributed by atoms with Crippen molar-refractivity contribution in [1.82, 2.24) is 15.1 Å². The molecule has 5 heteroatoms. The van der Waals surface area contributed by atoms with E-state index >= 15 is 0 Å². The molecule has 1 amide bonds. The minimum atomic E-state index is -0.259. The normalized spacial score (nSPS) is 16.9. The molecular formula is C18H22FN3O. The van der Waals surface area contributed by atoms with Crippen LogP contribution in [0.5, 0.6) is 0 Å². The summed E-state index contributed by atoms with van der Waals surface area (Å²) in [5.74, 6) is -0.249. The number of rotatable bonds is 4. The number of aryl methyl sites for hydroxylation is 3. The number of aromatic nitrogens is 2. The van der Waals surface area contributed by atoms with E-state index < -0.39 is 0 Å². The lowest BCUT2D eigenvalue weighted by Crippen LogP contribution is -2.31. The van der Waals surface area contributed by atoms with Gasteiger partial charge in [0.05, 0.1) is 11.7 Å². The highest BCUT2D eigenvalue weighted by Crippen LogP contribution is 2.31. The van der Waals surface area contributed by atoms with E-state index in [1.165, 1.54) is 23.4 Å². The van der Waals surface area contributed by atoms with Gasteiger partial charge in [0.2, 0.25) is 5.91 Å². The van der Waals surface area contributed by atoms with Gasteiger partial charge in [-0.1, -0.05) is 12.1 Å². The van der Waals surface area contributed by atoms with Crippen molar-refractivity contribution in [3.05, 3.63) is 52.6 Å². The van der Waals surface area contributed by atoms with Crippen LogP contribution in [0.3, 0.4) is 0 Å². The predicted molar refractivity (Wildman–Crippen MR) is 86.5 cm³/mol. The van der Waals surface area contributed by atoms with Crippen molar-refractivity contribution >= 4 is 5.91 Å². The van der Waals surface area contributed by atoms with Gasteiger partial charge in [0, 0.05) is 24.7 Å². The molecule has 0 saturated heterocycles. The van der Waals surface area contributed by atoms with Gasteiger partial charge in [-0.05, 0) is 50.3 Å². The van der Waals surface area contributed by atoms with Crippen LogP contribution in [-0.4, -0.2) is 15.7 Å². The zero-order valence-corrected chi connectivity index (χ0v) is 13.6. The van der Waals surface area contributed by atoms with E-state index in [0.717, 1.165) is 30.5 Å². The van der Waals surface area contributed by atoms with Crippen LogP contribution in [0.2, 0.25) is 0 Å². The topological polar surface area (TPSA) is 46.9 Å². The maximum atomic E-state index is 13.2. The number of fused-ring (bicyclic) bond motifs is 1. The van der Waals surface area contributed by atoms with Crippen LogP contribution in [0.25, 0.3) is 0 Å². The Morgan fingerprint density at radius 2 is 2.30 bits per heavy atom. The minimum Gasteiger partial charge on any atom is -0.349 e. The number of hydrogen-bond donors (Lipinski definition) is 1. The van der Waals surface area contributed by atoms with Gasteiger partial charge in [0.15, 0.2) is 0 Å². The van der Waals surface area contributed by atoms with Gasteiger partial charge >= 0.3 is 0 Å². The third-order valence-electron chi connectivity index (χ3n) is 4.51. The summed E-state index contributed by atoms with van der Waals surface area (Å²) < 4.78 is 15.1. The molecule has 1 N–H and O–H groups in total. The lowest BCUT2D eigenvalue weighted by Gasteiger charge is -2.24. The number of amides is 1. The molecule has 0 spiro atoms. The number of halogens is 1. The molecule has 1 heterocycles. The molecule has 0 radical (unpaired) electrons. The third-order valence-corrected chi connectivity index (χ3v) is 4.51. The van der Waals surface area contributed by atoms with E-state index in [-0.39, 0.29) is 17.8 Å². The van der Waals surface area contributed by atoms with Crippen LogP contribution >= 0.6 is 0 Å². The second kappa shape index (κ2) is 6.52. The summed E-state index contributed by atoms with van der Waals surface area (Å²) in [5.41, 5.74) is 4.25. The molecule has 122 valence electrons. The molecule has 1 unspecified atom stereocenters. The van der Waals surface area contributed by atoms with E-state index in [9.17, 15) is 9.18 Å². The fraction of sp³-hybridized carbons (Fsp3) is 0.444. The quantitative estimate of drug-likeness (QED) is 0.943. The molecular weight excluding hydrogens is 293 g/mol. The van der Waals surface area contributed by atoms with Crippen LogP contribution < -0.4 is 5.32 Å². The summed E-state index contributed by atoms with van der Waals surface area (Å²) in [6.07, 6.45) is 3.94. The Kier molecular flexibility index (Phi) is 4.46. The lowest BCUT2D eigenvalue weighted by molar-refractivity contribution is -0.121. The monoisotopic (exact) mass is 315 g/mol. The molecule has 1 aliphatic rings. The van der Waals surface area contributed by atoms with E-state index in [1.54, 1.807) is 6.07 Å². The fourth-order valence-electron chi connectivity index (χ4n) is 3.45. The number of carbonyl (C=O) groups is 1. The zero-order chi connectivity index (χ0) is 16.4. The van der Waals surface area contributed by atoms with Gasteiger partial charge in [-0.15, -0.1) is 0 Å². The predicted octanol–water partition coefficient (Wildman–Crippen LogP) is 2.99. The maximum absolute atomic E-state index is 13.2. The molecule has 1 aromatic heterocycles. The van der Waals surface area contributed by atoms with Crippen LogP contribution in [0.4, 0.5) is 4.39 Å². The van der Waals surface area contributed by atoms with Crippen molar-refractivity contribution in [3.8, 4) is 0 Å². The van der Waals surface area contributed by atoms with E-state index in [2.05, 4.69) is 10.4 Å². The summed E-state index contributed by atoms with van der Waals surface area (Å²) in [4.78, 5) is 12.3. The Hall–Kier alpha value is -2.17. The van der Waals surface area contributed by atoms with Crippen LogP contribution in [0.1, 0.15) is 47.8 Å². The zero-order valence-electron chi connectivity index (χ0n) is 13.6. The van der Waals surface area contributed by atoms with Gasteiger partial charge in [0.1, 0.15) is 5.82 Å². The van der Waals surface area contributed by atoms with E-state index in [4.69, 9.17) is 0 Å². The Bertz CT molecular complexity index is 723. The van der Waals surface area contributed by atoms with Crippen molar-refractivity contribution < 1.29 is 9.18 Å². The molecule has 23 heavy (non-hydrogen) atoms. The second-order valence-corrected chi connectivity index (χ2v) is 6.21. The molecule has 0 aliphatic heterocycles. The molecule has 3 rings (SSSR count). The Labute approximate surface area is 135 Å². The Morgan fingerprint density at radius 1 is 1.48 bits per heavy atom. The molecule has 0 saturated carbocycles. The number of nitrogens with one attached hydrogen (secondary N) is 1. The van der Waals surface area contributed by atoms with Crippen LogP contribution in [0, 0.1) is 12.7 Å². The maximum Gasteiger partial charge on any atom is 0.220 e. The Balaban J connectivity index is 1.63. The lowest BCUT2D eigenvalue weighted by atomic mass is 9.91. The number of carbonyl (C=O) groups excluding carboxylic acids is 1. The second-order valence-electron chi connectivity index (χ2n) is 6.21. The first kappa shape index (κ1) is 15.7. The SMILES string of the molecule is Cc1nn(C)c2c1C(NC(=O)CCc1cccc(F)c1)CCC2. The van der Waals surface area contributed by atoms with Crippen molar-refractivity contribution in [2.45, 2.75) is 45.1 Å². The van der Waals surface area contributed by atoms with Crippen molar-refractivity contribution in [3.63, 3.8) is 0 Å². The first-order chi connectivity index (χ1) is 11.0. The summed E-state index contributed by atoms with van der Waals surface area (Å²) in [6, 6.07) is 6.47. The molecule has 0 fully saturated rings. The van der Waals surface area contributed by atoms with Crippen molar-refractivity contribution in [2.75, 3.05) is 0 Å². The summed E-state index contributed by atoms with van der Waals surface area (Å²) in [5, 5.41) is 7.61. The summed E-state index contributed by atoms with van der Waals surface area (Å²) in [7, 11) is 1.96. The third kappa shape index (κ3) is 3.44. The molecule has 4 nitrogen and oxygen atoms in total. The standard InChI is InChI=1S/C18H22FN3O/c1-12-18-15(7-4-8-16(18)22(2)21-12)20-17(23)10-9-13-5-3-6-14(19)11-13/h3,5-6,11,15H,4,7-10H2,1-2H3,(H,20,23). The smallest absolute Gasteiger partial charge is 0.220 e. The van der Waals surface area contributed by atoms with Gasteiger partial charge in [-0.3, -0.25) is 9.48 Å². The largest absolute Gasteiger partial charge is 0.349 e. The molecule has 1 atom stereocenters. The number of nitrogens with zero attached hydrogens (tertiary/aromatic N) is 2. The van der Waals surface area contributed by atoms with Gasteiger partial charge < -0.3 is 5.32 Å². The molecule has 0 bridgehead atoms. The average Bonchev–Trinajstić information content (AvgIpc) is 2.81. The van der Waals surface area contributed by atoms with E-state index in [0.29, 0.717) is 12.8 Å². The molecule has 1 aliphatic carbocycles. The van der Waals surface area contributed by atoms with Crippen LogP contribution in [0.15, 0.2) is 24.3 Å². The Morgan fingerprint density at radius 3 is 3.09 bits per heavy atom. The van der Waals surface area contributed by atoms with Gasteiger partial charge in [0.25, 0.3) is 0 Å². The number of benzene rings is 1. The van der Waals surface area contributed by atoms with E-state index in [1.807, 2.05) is 24.7 Å².